The SMILES string of the molecule is CCCc1c(/C=C/c2ccccc2)oc2ccc(C(=O)Cl)cc2c1=O. The van der Waals surface area contributed by atoms with E-state index in [9.17, 15) is 9.59 Å². The van der Waals surface area contributed by atoms with Crippen LogP contribution in [0.5, 0.6) is 0 Å². The van der Waals surface area contributed by atoms with Crippen LogP contribution in [0.15, 0.2) is 57.7 Å². The number of hydrogen-bond donors (Lipinski definition) is 0. The van der Waals surface area contributed by atoms with Crippen molar-refractivity contribution in [1.29, 1.82) is 0 Å². The summed E-state index contributed by atoms with van der Waals surface area (Å²) in [5.74, 6) is 0.549. The van der Waals surface area contributed by atoms with Crippen molar-refractivity contribution in [3.05, 3.63) is 81.2 Å². The normalized spacial score (nSPS) is 11.3. The lowest BCUT2D eigenvalue weighted by atomic mass is 10.0. The van der Waals surface area contributed by atoms with Gasteiger partial charge in [-0.25, -0.2) is 0 Å². The van der Waals surface area contributed by atoms with Crippen LogP contribution < -0.4 is 5.43 Å². The maximum absolute atomic E-state index is 12.9. The monoisotopic (exact) mass is 352 g/mol. The summed E-state index contributed by atoms with van der Waals surface area (Å²) in [6.45, 7) is 2.01. The Morgan fingerprint density at radius 2 is 1.88 bits per heavy atom. The third-order valence-electron chi connectivity index (χ3n) is 3.97. The molecule has 2 aromatic carbocycles. The van der Waals surface area contributed by atoms with Crippen molar-refractivity contribution in [1.82, 2.24) is 0 Å². The van der Waals surface area contributed by atoms with Gasteiger partial charge in [-0.05, 0) is 47.9 Å². The van der Waals surface area contributed by atoms with Crippen LogP contribution in [-0.4, -0.2) is 5.24 Å². The van der Waals surface area contributed by atoms with Crippen molar-refractivity contribution >= 4 is 40.0 Å². The molecule has 0 N–H and O–H groups in total. The highest BCUT2D eigenvalue weighted by Crippen LogP contribution is 2.21. The minimum Gasteiger partial charge on any atom is -0.456 e. The van der Waals surface area contributed by atoms with Gasteiger partial charge in [0.2, 0.25) is 0 Å². The highest BCUT2D eigenvalue weighted by Gasteiger charge is 2.14. The van der Waals surface area contributed by atoms with Gasteiger partial charge in [0, 0.05) is 11.1 Å². The quantitative estimate of drug-likeness (QED) is 0.586. The number of hydrogen-bond acceptors (Lipinski definition) is 3. The molecule has 0 spiro atoms. The molecule has 126 valence electrons. The van der Waals surface area contributed by atoms with E-state index in [0.29, 0.717) is 28.7 Å². The lowest BCUT2D eigenvalue weighted by molar-refractivity contribution is 0.108. The first-order valence-electron chi connectivity index (χ1n) is 8.13. The van der Waals surface area contributed by atoms with Gasteiger partial charge in [-0.15, -0.1) is 0 Å². The number of benzene rings is 2. The minimum atomic E-state index is -0.591. The molecule has 0 bridgehead atoms. The summed E-state index contributed by atoms with van der Waals surface area (Å²) in [5, 5.41) is -0.210. The number of carbonyl (C=O) groups excluding carboxylic acids is 1. The molecule has 0 atom stereocenters. The molecule has 0 saturated heterocycles. The van der Waals surface area contributed by atoms with Gasteiger partial charge in [0.05, 0.1) is 5.39 Å². The second kappa shape index (κ2) is 7.49. The summed E-state index contributed by atoms with van der Waals surface area (Å²) < 4.78 is 5.94. The average molecular weight is 353 g/mol. The van der Waals surface area contributed by atoms with Crippen LogP contribution in [0.25, 0.3) is 23.1 Å². The fourth-order valence-electron chi connectivity index (χ4n) is 2.73. The second-order valence-electron chi connectivity index (χ2n) is 5.75. The van der Waals surface area contributed by atoms with Crippen molar-refractivity contribution in [2.45, 2.75) is 19.8 Å². The molecule has 0 amide bonds. The molecule has 3 rings (SSSR count). The smallest absolute Gasteiger partial charge is 0.252 e. The fraction of sp³-hybridized carbons (Fsp3) is 0.143. The van der Waals surface area contributed by atoms with Gasteiger partial charge in [-0.3, -0.25) is 9.59 Å². The second-order valence-corrected chi connectivity index (χ2v) is 6.10. The molecule has 1 heterocycles. The molecule has 0 aliphatic carbocycles. The number of halogens is 1. The first kappa shape index (κ1) is 17.2. The van der Waals surface area contributed by atoms with Crippen LogP contribution in [0.3, 0.4) is 0 Å². The van der Waals surface area contributed by atoms with E-state index >= 15 is 0 Å². The van der Waals surface area contributed by atoms with Gasteiger partial charge in [0.15, 0.2) is 5.43 Å². The molecule has 0 aliphatic rings. The summed E-state index contributed by atoms with van der Waals surface area (Å²) in [4.78, 5) is 24.2. The maximum atomic E-state index is 12.9. The first-order valence-corrected chi connectivity index (χ1v) is 8.50. The van der Waals surface area contributed by atoms with Gasteiger partial charge >= 0.3 is 0 Å². The number of carbonyl (C=O) groups is 1. The van der Waals surface area contributed by atoms with E-state index < -0.39 is 5.24 Å². The molecule has 0 saturated carbocycles. The zero-order valence-electron chi connectivity index (χ0n) is 13.8. The third-order valence-corrected chi connectivity index (χ3v) is 4.19. The Kier molecular flexibility index (Phi) is 5.15. The Morgan fingerprint density at radius 3 is 2.56 bits per heavy atom. The van der Waals surface area contributed by atoms with Gasteiger partial charge in [0.1, 0.15) is 11.3 Å². The largest absolute Gasteiger partial charge is 0.456 e. The van der Waals surface area contributed by atoms with Gasteiger partial charge < -0.3 is 4.42 Å². The molecule has 0 fully saturated rings. The highest BCUT2D eigenvalue weighted by atomic mass is 35.5. The van der Waals surface area contributed by atoms with Crippen LogP contribution in [0.2, 0.25) is 0 Å². The fourth-order valence-corrected chi connectivity index (χ4v) is 2.85. The molecule has 0 radical (unpaired) electrons. The van der Waals surface area contributed by atoms with Crippen LogP contribution in [0.1, 0.15) is 40.6 Å². The molecular weight excluding hydrogens is 336 g/mol. The van der Waals surface area contributed by atoms with E-state index in [1.165, 1.54) is 6.07 Å². The lowest BCUT2D eigenvalue weighted by Gasteiger charge is -2.07. The van der Waals surface area contributed by atoms with Crippen molar-refractivity contribution in [2.75, 3.05) is 0 Å². The van der Waals surface area contributed by atoms with Crippen LogP contribution >= 0.6 is 11.6 Å². The standard InChI is InChI=1S/C21H17ClO3/c1-2-6-16-18(11-9-14-7-4-3-5-8-14)25-19-12-10-15(21(22)24)13-17(19)20(16)23/h3-5,7-13H,2,6H2,1H3/b11-9+. The van der Waals surface area contributed by atoms with E-state index in [0.717, 1.165) is 12.0 Å². The molecule has 3 nitrogen and oxygen atoms in total. The number of rotatable bonds is 5. The number of fused-ring (bicyclic) bond motifs is 1. The highest BCUT2D eigenvalue weighted by molar-refractivity contribution is 6.67. The molecule has 0 unspecified atom stereocenters. The summed E-state index contributed by atoms with van der Waals surface area (Å²) in [6, 6.07) is 14.5. The first-order chi connectivity index (χ1) is 12.1. The predicted octanol–water partition coefficient (Wildman–Crippen LogP) is 5.29. The topological polar surface area (TPSA) is 47.3 Å². The van der Waals surface area contributed by atoms with Crippen molar-refractivity contribution in [2.24, 2.45) is 0 Å². The Morgan fingerprint density at radius 1 is 1.12 bits per heavy atom. The van der Waals surface area contributed by atoms with Crippen molar-refractivity contribution < 1.29 is 9.21 Å². The van der Waals surface area contributed by atoms with Gasteiger partial charge in [-0.2, -0.15) is 0 Å². The molecule has 4 heteroatoms. The van der Waals surface area contributed by atoms with Gasteiger partial charge in [-0.1, -0.05) is 49.8 Å². The van der Waals surface area contributed by atoms with E-state index in [1.807, 2.05) is 49.4 Å². The molecule has 1 aromatic heterocycles. The minimum absolute atomic E-state index is 0.115. The molecule has 3 aromatic rings. The Bertz CT molecular complexity index is 1000. The van der Waals surface area contributed by atoms with Gasteiger partial charge in [0.25, 0.3) is 5.24 Å². The van der Waals surface area contributed by atoms with E-state index in [-0.39, 0.29) is 11.0 Å². The maximum Gasteiger partial charge on any atom is 0.252 e. The van der Waals surface area contributed by atoms with E-state index in [1.54, 1.807) is 12.1 Å². The molecular formula is C21H17ClO3. The summed E-state index contributed by atoms with van der Waals surface area (Å²) in [5.41, 5.74) is 2.25. The van der Waals surface area contributed by atoms with Crippen LogP contribution in [0.4, 0.5) is 0 Å². The summed E-state index contributed by atoms with van der Waals surface area (Å²) >= 11 is 5.52. The van der Waals surface area contributed by atoms with Crippen LogP contribution in [-0.2, 0) is 6.42 Å². The Balaban J connectivity index is 2.16. The Hall–Kier alpha value is -2.65. The van der Waals surface area contributed by atoms with E-state index in [4.69, 9.17) is 16.0 Å². The summed E-state index contributed by atoms with van der Waals surface area (Å²) in [7, 11) is 0. The van der Waals surface area contributed by atoms with Crippen molar-refractivity contribution in [3.8, 4) is 0 Å². The summed E-state index contributed by atoms with van der Waals surface area (Å²) in [6.07, 6.45) is 5.16. The van der Waals surface area contributed by atoms with Crippen LogP contribution in [0, 0.1) is 0 Å². The van der Waals surface area contributed by atoms with Crippen molar-refractivity contribution in [3.63, 3.8) is 0 Å². The molecule has 25 heavy (non-hydrogen) atoms. The zero-order valence-corrected chi connectivity index (χ0v) is 14.5. The van der Waals surface area contributed by atoms with E-state index in [2.05, 4.69) is 0 Å². The third kappa shape index (κ3) is 3.72. The lowest BCUT2D eigenvalue weighted by Crippen LogP contribution is -2.11. The Labute approximate surface area is 150 Å². The predicted molar refractivity (Wildman–Crippen MR) is 102 cm³/mol. The molecule has 0 aliphatic heterocycles. The zero-order chi connectivity index (χ0) is 17.8. The average Bonchev–Trinajstić information content (AvgIpc) is 2.63.